The number of nitrogens with zero attached hydrogens (tertiary/aromatic N) is 7. The number of amides is 2. The van der Waals surface area contributed by atoms with Gasteiger partial charge >= 0.3 is 6.01 Å². The van der Waals surface area contributed by atoms with Crippen molar-refractivity contribution in [2.45, 2.75) is 63.2 Å². The van der Waals surface area contributed by atoms with E-state index in [-0.39, 0.29) is 35.9 Å². The van der Waals surface area contributed by atoms with Crippen LogP contribution in [0.15, 0.2) is 36.9 Å². The monoisotopic (exact) mass is 620 g/mol. The lowest BCUT2D eigenvalue weighted by Crippen LogP contribution is -2.55. The minimum Gasteiger partial charge on any atom is -0.461 e. The summed E-state index contributed by atoms with van der Waals surface area (Å²) in [4.78, 5) is 42.5. The van der Waals surface area contributed by atoms with Gasteiger partial charge in [-0.05, 0) is 58.0 Å². The Kier molecular flexibility index (Phi) is 9.61. The largest absolute Gasteiger partial charge is 0.461 e. The third kappa shape index (κ3) is 6.61. The van der Waals surface area contributed by atoms with E-state index in [9.17, 15) is 14.9 Å². The Labute approximate surface area is 264 Å². The van der Waals surface area contributed by atoms with E-state index in [0.29, 0.717) is 50.2 Å². The van der Waals surface area contributed by atoms with Crippen molar-refractivity contribution in [3.8, 4) is 12.1 Å². The number of hydrogen-bond donors (Lipinski definition) is 1. The summed E-state index contributed by atoms with van der Waals surface area (Å²) < 4.78 is 6.44. The first-order chi connectivity index (χ1) is 21.1. The summed E-state index contributed by atoms with van der Waals surface area (Å²) in [7, 11) is 4.08. The van der Waals surface area contributed by atoms with Gasteiger partial charge in [0.05, 0.1) is 47.0 Å². The number of ether oxygens (including phenoxy) is 1. The number of anilines is 2. The zero-order valence-electron chi connectivity index (χ0n) is 25.8. The van der Waals surface area contributed by atoms with E-state index in [1.807, 2.05) is 38.4 Å². The summed E-state index contributed by atoms with van der Waals surface area (Å²) in [5.74, 6) is 0.594. The van der Waals surface area contributed by atoms with E-state index in [0.717, 1.165) is 48.6 Å². The fourth-order valence-electron chi connectivity index (χ4n) is 6.75. The molecule has 1 aromatic heterocycles. The number of para-hydroxylation sites is 1. The normalized spacial score (nSPS) is 23.2. The quantitative estimate of drug-likeness (QED) is 0.422. The number of halogens is 1. The molecule has 234 valence electrons. The minimum atomic E-state index is -0.279. The Morgan fingerprint density at radius 2 is 2.05 bits per heavy atom. The molecular weight excluding hydrogens is 580 g/mol. The average molecular weight is 621 g/mol. The van der Waals surface area contributed by atoms with Gasteiger partial charge in [-0.25, -0.2) is 0 Å². The smallest absolute Gasteiger partial charge is 0.318 e. The number of nitrogens with one attached hydrogen (secondary N) is 1. The zero-order valence-corrected chi connectivity index (χ0v) is 26.5. The minimum absolute atomic E-state index is 0.0270. The number of aromatic nitrogens is 2. The summed E-state index contributed by atoms with van der Waals surface area (Å²) in [5.41, 5.74) is 2.60. The highest BCUT2D eigenvalue weighted by Crippen LogP contribution is 2.37. The van der Waals surface area contributed by atoms with E-state index in [1.54, 1.807) is 11.8 Å². The van der Waals surface area contributed by atoms with Gasteiger partial charge in [-0.3, -0.25) is 9.59 Å². The van der Waals surface area contributed by atoms with Gasteiger partial charge in [0.25, 0.3) is 0 Å². The zero-order chi connectivity index (χ0) is 31.4. The molecule has 1 aliphatic carbocycles. The van der Waals surface area contributed by atoms with Crippen molar-refractivity contribution in [2.24, 2.45) is 0 Å². The molecular formula is C32H41ClN8O3. The van der Waals surface area contributed by atoms with Crippen molar-refractivity contribution in [3.63, 3.8) is 0 Å². The van der Waals surface area contributed by atoms with Crippen LogP contribution in [0.3, 0.4) is 0 Å². The van der Waals surface area contributed by atoms with Gasteiger partial charge in [0.2, 0.25) is 11.8 Å². The number of carbonyl (C=O) groups is 2. The fourth-order valence-corrected chi connectivity index (χ4v) is 7.00. The summed E-state index contributed by atoms with van der Waals surface area (Å²) in [6, 6.07) is 10.2. The molecule has 1 N–H and O–H groups in total. The summed E-state index contributed by atoms with van der Waals surface area (Å²) >= 11 is 6.57. The molecule has 3 heterocycles. The second-order valence-electron chi connectivity index (χ2n) is 12.1. The number of hydrogen-bond acceptors (Lipinski definition) is 9. The van der Waals surface area contributed by atoms with Crippen LogP contribution in [-0.4, -0.2) is 96.1 Å². The predicted molar refractivity (Wildman–Crippen MR) is 170 cm³/mol. The van der Waals surface area contributed by atoms with Crippen molar-refractivity contribution in [3.05, 3.63) is 53.2 Å². The van der Waals surface area contributed by atoms with Gasteiger partial charge < -0.3 is 29.7 Å². The average Bonchev–Trinajstić information content (AvgIpc) is 3.42. The van der Waals surface area contributed by atoms with Crippen LogP contribution in [0.1, 0.15) is 43.9 Å². The van der Waals surface area contributed by atoms with Crippen LogP contribution < -0.4 is 19.9 Å². The van der Waals surface area contributed by atoms with Crippen LogP contribution in [0, 0.1) is 11.3 Å². The number of fused-ring (bicyclic) bond motifs is 1. The topological polar surface area (TPSA) is 118 Å². The molecule has 2 aromatic rings. The van der Waals surface area contributed by atoms with Crippen LogP contribution in [0.25, 0.3) is 0 Å². The highest BCUT2D eigenvalue weighted by atomic mass is 35.5. The Morgan fingerprint density at radius 3 is 2.75 bits per heavy atom. The number of carbonyl (C=O) groups excluding carboxylic acids is 2. The van der Waals surface area contributed by atoms with E-state index < -0.39 is 0 Å². The highest BCUT2D eigenvalue weighted by molar-refractivity contribution is 6.33. The van der Waals surface area contributed by atoms with Crippen molar-refractivity contribution in [1.82, 2.24) is 25.1 Å². The van der Waals surface area contributed by atoms with Gasteiger partial charge in [0.1, 0.15) is 12.4 Å². The Balaban J connectivity index is 1.46. The van der Waals surface area contributed by atoms with Crippen LogP contribution in [0.2, 0.25) is 5.02 Å². The number of rotatable bonds is 9. The summed E-state index contributed by atoms with van der Waals surface area (Å²) in [6.07, 6.45) is 4.75. The molecule has 1 aromatic carbocycles. The number of benzene rings is 1. The molecule has 2 fully saturated rings. The van der Waals surface area contributed by atoms with E-state index in [2.05, 4.69) is 32.7 Å². The number of nitriles is 1. The maximum atomic E-state index is 12.5. The molecule has 0 spiro atoms. The highest BCUT2D eigenvalue weighted by Gasteiger charge is 2.42. The molecule has 0 bridgehead atoms. The molecule has 2 aliphatic heterocycles. The first kappa shape index (κ1) is 31.5. The Hall–Kier alpha value is -3.88. The van der Waals surface area contributed by atoms with Crippen LogP contribution in [0.5, 0.6) is 6.01 Å². The van der Waals surface area contributed by atoms with E-state index in [4.69, 9.17) is 26.3 Å². The van der Waals surface area contributed by atoms with Gasteiger partial charge in [-0.2, -0.15) is 15.2 Å². The predicted octanol–water partition coefficient (Wildman–Crippen LogP) is 3.18. The first-order valence-corrected chi connectivity index (χ1v) is 15.5. The van der Waals surface area contributed by atoms with Gasteiger partial charge in [-0.1, -0.05) is 30.3 Å². The summed E-state index contributed by atoms with van der Waals surface area (Å²) in [6.45, 7) is 8.37. The van der Waals surface area contributed by atoms with Gasteiger partial charge in [-0.15, -0.1) is 0 Å². The SMILES string of the molecule is C=CC(=O)N1CCN(c2nc(OCC3(N(C)C)CCC(NC(C)=O)C3)nc3c2CCN(c2ccccc2Cl)C3)C[C@@H]1CC#N. The number of piperazine rings is 1. The van der Waals surface area contributed by atoms with Crippen molar-refractivity contribution in [2.75, 3.05) is 56.7 Å². The molecule has 3 atom stereocenters. The fraction of sp³-hybridized carbons (Fsp3) is 0.531. The molecule has 5 rings (SSSR count). The van der Waals surface area contributed by atoms with Crippen LogP contribution in [-0.2, 0) is 22.6 Å². The molecule has 3 aliphatic rings. The maximum absolute atomic E-state index is 12.5. The molecule has 0 radical (unpaired) electrons. The lowest BCUT2D eigenvalue weighted by atomic mass is 9.97. The number of likely N-dealkylation sites (N-methyl/N-ethyl adjacent to an activating group) is 1. The molecule has 12 heteroatoms. The van der Waals surface area contributed by atoms with Crippen LogP contribution in [0.4, 0.5) is 11.5 Å². The van der Waals surface area contributed by atoms with E-state index >= 15 is 0 Å². The van der Waals surface area contributed by atoms with Crippen molar-refractivity contribution >= 4 is 34.9 Å². The Morgan fingerprint density at radius 1 is 1.25 bits per heavy atom. The standard InChI is InChI=1S/C32H41ClN8O3/c1-5-29(43)41-17-16-40(19-24(41)11-14-34)30-25-12-15-39(28-9-7-6-8-26(28)33)20-27(25)36-31(37-30)44-21-32(38(3)4)13-10-23(18-32)35-22(2)42/h5-9,23-24H,1,10-13,15-21H2,2-4H3,(H,35,42)/t23?,24-,32?/m0/s1. The Bertz CT molecular complexity index is 1450. The van der Waals surface area contributed by atoms with Gasteiger partial charge in [0.15, 0.2) is 0 Å². The third-order valence-electron chi connectivity index (χ3n) is 9.19. The molecule has 2 unspecified atom stereocenters. The molecule has 2 amide bonds. The summed E-state index contributed by atoms with van der Waals surface area (Å²) in [5, 5.41) is 13.3. The van der Waals surface area contributed by atoms with Crippen molar-refractivity contribution < 1.29 is 14.3 Å². The second-order valence-corrected chi connectivity index (χ2v) is 12.5. The third-order valence-corrected chi connectivity index (χ3v) is 9.51. The molecule has 11 nitrogen and oxygen atoms in total. The van der Waals surface area contributed by atoms with Crippen molar-refractivity contribution in [1.29, 1.82) is 5.26 Å². The second kappa shape index (κ2) is 13.4. The molecule has 1 saturated carbocycles. The first-order valence-electron chi connectivity index (χ1n) is 15.2. The van der Waals surface area contributed by atoms with E-state index in [1.165, 1.54) is 6.08 Å². The maximum Gasteiger partial charge on any atom is 0.318 e. The van der Waals surface area contributed by atoms with Crippen LogP contribution >= 0.6 is 11.6 Å². The lowest BCUT2D eigenvalue weighted by molar-refractivity contribution is -0.128. The van der Waals surface area contributed by atoms with Gasteiger partial charge in [0, 0.05) is 44.7 Å². The molecule has 44 heavy (non-hydrogen) atoms. The molecule has 1 saturated heterocycles. The lowest BCUT2D eigenvalue weighted by Gasteiger charge is -2.42.